The molecular formula is C22H26N4O3S. The van der Waals surface area contributed by atoms with Gasteiger partial charge in [0.2, 0.25) is 15.9 Å². The molecule has 2 aliphatic rings. The van der Waals surface area contributed by atoms with Crippen molar-refractivity contribution >= 4 is 15.9 Å². The van der Waals surface area contributed by atoms with Gasteiger partial charge in [-0.05, 0) is 49.9 Å². The first-order valence-electron chi connectivity index (χ1n) is 10.4. The van der Waals surface area contributed by atoms with Crippen molar-refractivity contribution in [3.05, 3.63) is 54.4 Å². The minimum Gasteiger partial charge on any atom is -0.351 e. The number of aromatic nitrogens is 1. The van der Waals surface area contributed by atoms with Crippen LogP contribution in [0.2, 0.25) is 0 Å². The van der Waals surface area contributed by atoms with Crippen LogP contribution in [-0.4, -0.2) is 54.3 Å². The quantitative estimate of drug-likeness (QED) is 0.752. The summed E-state index contributed by atoms with van der Waals surface area (Å²) in [4.78, 5) is 15.0. The van der Waals surface area contributed by atoms with Gasteiger partial charge in [-0.3, -0.25) is 4.79 Å². The number of sulfonamides is 1. The molecule has 8 heteroatoms. The van der Waals surface area contributed by atoms with Gasteiger partial charge in [-0.2, -0.15) is 9.57 Å². The number of carbonyl (C=O) groups is 1. The van der Waals surface area contributed by atoms with Crippen LogP contribution in [0.3, 0.4) is 0 Å². The van der Waals surface area contributed by atoms with E-state index >= 15 is 0 Å². The molecule has 4 rings (SSSR count). The summed E-state index contributed by atoms with van der Waals surface area (Å²) in [6.07, 6.45) is 7.07. The summed E-state index contributed by atoms with van der Waals surface area (Å²) in [5.41, 5.74) is 0.154. The summed E-state index contributed by atoms with van der Waals surface area (Å²) in [6.45, 7) is 2.10. The number of piperidine rings is 2. The molecule has 30 heavy (non-hydrogen) atoms. The molecule has 0 radical (unpaired) electrons. The van der Waals surface area contributed by atoms with Gasteiger partial charge in [-0.25, -0.2) is 8.42 Å². The Balaban J connectivity index is 1.34. The second-order valence-corrected chi connectivity index (χ2v) is 9.88. The van der Waals surface area contributed by atoms with Crippen LogP contribution in [0, 0.1) is 17.2 Å². The highest BCUT2D eigenvalue weighted by atomic mass is 32.2. The number of carbonyl (C=O) groups excluding carboxylic acids is 1. The molecule has 1 aromatic heterocycles. The highest BCUT2D eigenvalue weighted by molar-refractivity contribution is 7.89. The minimum absolute atomic E-state index is 0.0457. The second kappa shape index (κ2) is 8.62. The zero-order valence-electron chi connectivity index (χ0n) is 16.9. The van der Waals surface area contributed by atoms with E-state index in [1.54, 1.807) is 12.1 Å². The summed E-state index contributed by atoms with van der Waals surface area (Å²) in [5, 5.41) is 9.23. The molecule has 0 aliphatic carbocycles. The maximum Gasteiger partial charge on any atom is 0.244 e. The van der Waals surface area contributed by atoms with E-state index in [0.717, 1.165) is 25.9 Å². The van der Waals surface area contributed by atoms with Gasteiger partial charge >= 0.3 is 0 Å². The number of benzene rings is 1. The predicted molar refractivity (Wildman–Crippen MR) is 112 cm³/mol. The lowest BCUT2D eigenvalue weighted by Crippen LogP contribution is -2.46. The fraction of sp³-hybridized carbons (Fsp3) is 0.455. The van der Waals surface area contributed by atoms with E-state index in [9.17, 15) is 18.5 Å². The number of nitriles is 1. The molecule has 0 saturated carbocycles. The van der Waals surface area contributed by atoms with E-state index in [1.165, 1.54) is 16.4 Å². The Labute approximate surface area is 177 Å². The van der Waals surface area contributed by atoms with Crippen LogP contribution in [0.1, 0.15) is 37.3 Å². The summed E-state index contributed by atoms with van der Waals surface area (Å²) >= 11 is 0. The van der Waals surface area contributed by atoms with E-state index in [-0.39, 0.29) is 22.3 Å². The molecule has 2 fully saturated rings. The number of likely N-dealkylation sites (tertiary alicyclic amines) is 1. The van der Waals surface area contributed by atoms with Crippen LogP contribution in [0.15, 0.2) is 53.7 Å². The SMILES string of the molecule is N#Cc1ccccc1S(=O)(=O)N1CCC(C(=O)N2CCC(n3cccc3)CC2)CC1. The van der Waals surface area contributed by atoms with Gasteiger partial charge in [0.25, 0.3) is 0 Å². The van der Waals surface area contributed by atoms with Gasteiger partial charge in [0, 0.05) is 50.5 Å². The zero-order valence-corrected chi connectivity index (χ0v) is 17.7. The number of hydrogen-bond acceptors (Lipinski definition) is 4. The van der Waals surface area contributed by atoms with E-state index < -0.39 is 10.0 Å². The fourth-order valence-electron chi connectivity index (χ4n) is 4.50. The topological polar surface area (TPSA) is 86.4 Å². The first kappa shape index (κ1) is 20.6. The molecule has 1 amide bonds. The molecule has 2 saturated heterocycles. The van der Waals surface area contributed by atoms with Crippen LogP contribution in [0.25, 0.3) is 0 Å². The van der Waals surface area contributed by atoms with Crippen LogP contribution in [0.5, 0.6) is 0 Å². The summed E-state index contributed by atoms with van der Waals surface area (Å²) in [6, 6.07) is 12.7. The number of amides is 1. The van der Waals surface area contributed by atoms with Crippen LogP contribution in [0.4, 0.5) is 0 Å². The van der Waals surface area contributed by atoms with E-state index in [4.69, 9.17) is 0 Å². The van der Waals surface area contributed by atoms with Crippen molar-refractivity contribution in [3.8, 4) is 6.07 Å². The van der Waals surface area contributed by atoms with Crippen molar-refractivity contribution in [2.24, 2.45) is 5.92 Å². The number of nitrogens with zero attached hydrogens (tertiary/aromatic N) is 4. The lowest BCUT2D eigenvalue weighted by molar-refractivity contribution is -0.138. The molecule has 0 unspecified atom stereocenters. The molecule has 158 valence electrons. The normalized spacial score (nSPS) is 19.5. The summed E-state index contributed by atoms with van der Waals surface area (Å²) in [5.74, 6) is 0.0150. The molecule has 2 aliphatic heterocycles. The minimum atomic E-state index is -3.73. The molecule has 1 aromatic carbocycles. The van der Waals surface area contributed by atoms with E-state index in [1.807, 2.05) is 23.1 Å². The van der Waals surface area contributed by atoms with E-state index in [0.29, 0.717) is 32.0 Å². The van der Waals surface area contributed by atoms with Gasteiger partial charge in [-0.15, -0.1) is 0 Å². The molecule has 0 atom stereocenters. The molecule has 0 spiro atoms. The average molecular weight is 427 g/mol. The highest BCUT2D eigenvalue weighted by Crippen LogP contribution is 2.29. The molecule has 7 nitrogen and oxygen atoms in total. The van der Waals surface area contributed by atoms with Crippen molar-refractivity contribution in [2.45, 2.75) is 36.6 Å². The standard InChI is InChI=1S/C22H26N4O3S/c23-17-19-5-1-2-6-21(19)30(28,29)26-15-7-18(8-16-26)22(27)25-13-9-20(10-14-25)24-11-3-4-12-24/h1-6,11-12,18,20H,7-10,13-16H2. The summed E-state index contributed by atoms with van der Waals surface area (Å²) < 4.78 is 29.6. The van der Waals surface area contributed by atoms with Gasteiger partial charge in [0.15, 0.2) is 0 Å². The Kier molecular flexibility index (Phi) is 5.93. The molecule has 0 bridgehead atoms. The Morgan fingerprint density at radius 1 is 0.933 bits per heavy atom. The van der Waals surface area contributed by atoms with Crippen LogP contribution in [-0.2, 0) is 14.8 Å². The Morgan fingerprint density at radius 2 is 1.57 bits per heavy atom. The first-order chi connectivity index (χ1) is 14.5. The third kappa shape index (κ3) is 4.00. The lowest BCUT2D eigenvalue weighted by atomic mass is 9.95. The van der Waals surface area contributed by atoms with Crippen molar-refractivity contribution in [2.75, 3.05) is 26.2 Å². The predicted octanol–water partition coefficient (Wildman–Crippen LogP) is 2.62. The largest absolute Gasteiger partial charge is 0.351 e. The monoisotopic (exact) mass is 426 g/mol. The Hall–Kier alpha value is -2.63. The maximum absolute atomic E-state index is 13.0. The van der Waals surface area contributed by atoms with Crippen LogP contribution >= 0.6 is 0 Å². The van der Waals surface area contributed by atoms with Crippen molar-refractivity contribution < 1.29 is 13.2 Å². The van der Waals surface area contributed by atoms with Gasteiger partial charge in [-0.1, -0.05) is 12.1 Å². The Bertz CT molecular complexity index is 1030. The molecule has 0 N–H and O–H groups in total. The maximum atomic E-state index is 13.0. The van der Waals surface area contributed by atoms with Crippen molar-refractivity contribution in [3.63, 3.8) is 0 Å². The van der Waals surface area contributed by atoms with Crippen molar-refractivity contribution in [1.29, 1.82) is 5.26 Å². The molecule has 3 heterocycles. The molecular weight excluding hydrogens is 400 g/mol. The smallest absolute Gasteiger partial charge is 0.244 e. The van der Waals surface area contributed by atoms with Gasteiger partial charge < -0.3 is 9.47 Å². The molecule has 2 aromatic rings. The van der Waals surface area contributed by atoms with Gasteiger partial charge in [0.05, 0.1) is 10.5 Å². The van der Waals surface area contributed by atoms with E-state index in [2.05, 4.69) is 17.0 Å². The lowest BCUT2D eigenvalue weighted by Gasteiger charge is -2.37. The summed E-state index contributed by atoms with van der Waals surface area (Å²) in [7, 11) is -3.73. The van der Waals surface area contributed by atoms with Crippen LogP contribution < -0.4 is 0 Å². The second-order valence-electron chi connectivity index (χ2n) is 7.97. The highest BCUT2D eigenvalue weighted by Gasteiger charge is 2.35. The van der Waals surface area contributed by atoms with Gasteiger partial charge in [0.1, 0.15) is 6.07 Å². The average Bonchev–Trinajstić information content (AvgIpc) is 3.34. The fourth-order valence-corrected chi connectivity index (χ4v) is 6.11. The third-order valence-corrected chi connectivity index (χ3v) is 8.21. The number of hydrogen-bond donors (Lipinski definition) is 0. The third-order valence-electron chi connectivity index (χ3n) is 6.25. The van der Waals surface area contributed by atoms with Crippen molar-refractivity contribution in [1.82, 2.24) is 13.8 Å². The zero-order chi connectivity index (χ0) is 21.1. The Morgan fingerprint density at radius 3 is 2.20 bits per heavy atom. The number of rotatable bonds is 4. The first-order valence-corrected chi connectivity index (χ1v) is 11.8.